The maximum absolute atomic E-state index is 6.11. The highest BCUT2D eigenvalue weighted by Crippen LogP contribution is 2.26. The van der Waals surface area contributed by atoms with E-state index in [9.17, 15) is 0 Å². The van der Waals surface area contributed by atoms with E-state index in [0.717, 1.165) is 12.8 Å². The van der Waals surface area contributed by atoms with E-state index in [0.29, 0.717) is 12.3 Å². The largest absolute Gasteiger partial charge is 0.411 e. The van der Waals surface area contributed by atoms with Crippen LogP contribution < -0.4 is 0 Å². The topological polar surface area (TPSA) is 9.23 Å². The third-order valence-corrected chi connectivity index (χ3v) is 3.24. The molecule has 0 aliphatic heterocycles. The van der Waals surface area contributed by atoms with Gasteiger partial charge in [0.05, 0.1) is 5.60 Å². The maximum Gasteiger partial charge on any atom is 0.184 e. The molecular weight excluding hydrogens is 212 g/mol. The van der Waals surface area contributed by atoms with Gasteiger partial charge in [0.1, 0.15) is 0 Å². The van der Waals surface area contributed by atoms with Crippen molar-refractivity contribution in [1.82, 2.24) is 0 Å². The van der Waals surface area contributed by atoms with Crippen LogP contribution in [0.5, 0.6) is 0 Å². The minimum absolute atomic E-state index is 0.173. The molecule has 14 heavy (non-hydrogen) atoms. The summed E-state index contributed by atoms with van der Waals surface area (Å²) >= 11 is 5.68. The second kappa shape index (κ2) is 5.80. The van der Waals surface area contributed by atoms with Crippen molar-refractivity contribution in [3.63, 3.8) is 0 Å². The van der Waals surface area contributed by atoms with Crippen LogP contribution in [-0.2, 0) is 4.43 Å². The molecule has 0 aromatic rings. The summed E-state index contributed by atoms with van der Waals surface area (Å²) in [5, 5.41) is 0. The smallest absolute Gasteiger partial charge is 0.184 e. The third kappa shape index (κ3) is 6.48. The highest BCUT2D eigenvalue weighted by atomic mass is 35.5. The van der Waals surface area contributed by atoms with Gasteiger partial charge in [-0.25, -0.2) is 0 Å². The summed E-state index contributed by atoms with van der Waals surface area (Å²) in [6.07, 6.45) is 7.94. The summed E-state index contributed by atoms with van der Waals surface area (Å²) < 4.78 is 6.11. The first-order chi connectivity index (χ1) is 6.33. The Hall–Kier alpha value is 0.0269. The Morgan fingerprint density at radius 2 is 2.00 bits per heavy atom. The Kier molecular flexibility index (Phi) is 5.81. The Morgan fingerprint density at radius 3 is 2.36 bits per heavy atom. The van der Waals surface area contributed by atoms with Crippen LogP contribution in [0.4, 0.5) is 0 Å². The summed E-state index contributed by atoms with van der Waals surface area (Å²) in [6, 6.07) is 0. The predicted molar refractivity (Wildman–Crippen MR) is 66.2 cm³/mol. The monoisotopic (exact) mass is 232 g/mol. The van der Waals surface area contributed by atoms with Crippen molar-refractivity contribution in [2.45, 2.75) is 51.4 Å². The molecule has 0 N–H and O–H groups in total. The zero-order valence-electron chi connectivity index (χ0n) is 9.69. The standard InChI is InChI=1S/C11H21ClOSi/c1-6-8-11(2,9-7-10-12)13-14(3,4)5/h1H,7-10H2,2-5H3. The lowest BCUT2D eigenvalue weighted by atomic mass is 9.97. The summed E-state index contributed by atoms with van der Waals surface area (Å²) in [6.45, 7) is 8.64. The van der Waals surface area contributed by atoms with Crippen molar-refractivity contribution >= 4 is 19.9 Å². The van der Waals surface area contributed by atoms with Crippen LogP contribution in [-0.4, -0.2) is 19.8 Å². The quantitative estimate of drug-likeness (QED) is 0.386. The molecule has 0 amide bonds. The number of hydrogen-bond acceptors (Lipinski definition) is 1. The lowest BCUT2D eigenvalue weighted by Crippen LogP contribution is -2.40. The van der Waals surface area contributed by atoms with Crippen LogP contribution in [0, 0.1) is 12.3 Å². The van der Waals surface area contributed by atoms with E-state index in [1.807, 2.05) is 0 Å². The Morgan fingerprint density at radius 1 is 1.43 bits per heavy atom. The van der Waals surface area contributed by atoms with E-state index in [4.69, 9.17) is 22.5 Å². The van der Waals surface area contributed by atoms with Gasteiger partial charge in [0.25, 0.3) is 0 Å². The summed E-state index contributed by atoms with van der Waals surface area (Å²) in [5.41, 5.74) is -0.173. The van der Waals surface area contributed by atoms with Gasteiger partial charge < -0.3 is 4.43 Å². The molecule has 1 atom stereocenters. The molecule has 0 radical (unpaired) electrons. The fraction of sp³-hybridized carbons (Fsp3) is 0.818. The highest BCUT2D eigenvalue weighted by Gasteiger charge is 2.30. The maximum atomic E-state index is 6.11. The number of terminal acetylenes is 1. The van der Waals surface area contributed by atoms with E-state index in [1.54, 1.807) is 0 Å². The molecule has 0 spiro atoms. The van der Waals surface area contributed by atoms with Crippen LogP contribution in [0.15, 0.2) is 0 Å². The fourth-order valence-electron chi connectivity index (χ4n) is 1.57. The molecule has 82 valence electrons. The van der Waals surface area contributed by atoms with Gasteiger partial charge in [-0.15, -0.1) is 23.9 Å². The fourth-order valence-corrected chi connectivity index (χ4v) is 3.36. The van der Waals surface area contributed by atoms with Crippen LogP contribution in [0.25, 0.3) is 0 Å². The molecule has 3 heteroatoms. The molecular formula is C11H21ClOSi. The molecule has 0 aliphatic rings. The molecule has 0 heterocycles. The van der Waals surface area contributed by atoms with Gasteiger partial charge in [-0.1, -0.05) is 0 Å². The highest BCUT2D eigenvalue weighted by molar-refractivity contribution is 6.69. The zero-order chi connectivity index (χ0) is 11.2. The van der Waals surface area contributed by atoms with Crippen molar-refractivity contribution < 1.29 is 4.43 Å². The van der Waals surface area contributed by atoms with E-state index in [2.05, 4.69) is 32.5 Å². The van der Waals surface area contributed by atoms with Crippen molar-refractivity contribution in [3.05, 3.63) is 0 Å². The average Bonchev–Trinajstić information content (AvgIpc) is 1.98. The predicted octanol–water partition coefficient (Wildman–Crippen LogP) is 3.64. The van der Waals surface area contributed by atoms with Gasteiger partial charge in [0.15, 0.2) is 8.32 Å². The molecule has 0 bridgehead atoms. The summed E-state index contributed by atoms with van der Waals surface area (Å²) in [4.78, 5) is 0. The van der Waals surface area contributed by atoms with Crippen molar-refractivity contribution in [1.29, 1.82) is 0 Å². The molecule has 0 saturated heterocycles. The number of hydrogen-bond donors (Lipinski definition) is 0. The lowest BCUT2D eigenvalue weighted by molar-refractivity contribution is 0.0758. The Bertz CT molecular complexity index is 204. The van der Waals surface area contributed by atoms with Gasteiger partial charge in [-0.2, -0.15) is 0 Å². The van der Waals surface area contributed by atoms with Crippen LogP contribution in [0.3, 0.4) is 0 Å². The van der Waals surface area contributed by atoms with Crippen LogP contribution in [0.1, 0.15) is 26.2 Å². The molecule has 0 aliphatic carbocycles. The number of alkyl halides is 1. The second-order valence-electron chi connectivity index (χ2n) is 4.84. The Balaban J connectivity index is 4.32. The molecule has 1 nitrogen and oxygen atoms in total. The first kappa shape index (κ1) is 14.0. The number of rotatable bonds is 6. The summed E-state index contributed by atoms with van der Waals surface area (Å²) in [7, 11) is -1.52. The van der Waals surface area contributed by atoms with E-state index < -0.39 is 8.32 Å². The van der Waals surface area contributed by atoms with Gasteiger partial charge in [0, 0.05) is 12.3 Å². The lowest BCUT2D eigenvalue weighted by Gasteiger charge is -2.35. The summed E-state index contributed by atoms with van der Waals surface area (Å²) in [5.74, 6) is 3.37. The average molecular weight is 233 g/mol. The van der Waals surface area contributed by atoms with Crippen molar-refractivity contribution in [2.75, 3.05) is 5.88 Å². The van der Waals surface area contributed by atoms with Crippen molar-refractivity contribution in [3.8, 4) is 12.3 Å². The molecule has 1 unspecified atom stereocenters. The Labute approximate surface area is 94.3 Å². The zero-order valence-corrected chi connectivity index (χ0v) is 11.4. The minimum Gasteiger partial charge on any atom is -0.411 e. The molecule has 0 aromatic heterocycles. The minimum atomic E-state index is -1.52. The van der Waals surface area contributed by atoms with Gasteiger partial charge in [-0.3, -0.25) is 0 Å². The first-order valence-electron chi connectivity index (χ1n) is 5.02. The SMILES string of the molecule is C#CCC(C)(CCCCl)O[Si](C)(C)C. The van der Waals surface area contributed by atoms with E-state index in [-0.39, 0.29) is 5.60 Å². The first-order valence-corrected chi connectivity index (χ1v) is 8.97. The van der Waals surface area contributed by atoms with E-state index >= 15 is 0 Å². The molecule has 0 saturated carbocycles. The van der Waals surface area contributed by atoms with Gasteiger partial charge in [-0.05, 0) is 39.4 Å². The van der Waals surface area contributed by atoms with Crippen molar-refractivity contribution in [2.24, 2.45) is 0 Å². The molecule has 0 aromatic carbocycles. The molecule has 0 fully saturated rings. The normalized spacial score (nSPS) is 16.0. The van der Waals surface area contributed by atoms with Gasteiger partial charge in [0.2, 0.25) is 0 Å². The van der Waals surface area contributed by atoms with E-state index in [1.165, 1.54) is 0 Å². The van der Waals surface area contributed by atoms with Crippen LogP contribution in [0.2, 0.25) is 19.6 Å². The molecule has 0 rings (SSSR count). The third-order valence-electron chi connectivity index (χ3n) is 1.87. The van der Waals surface area contributed by atoms with Crippen LogP contribution >= 0.6 is 11.6 Å². The number of halogens is 1. The van der Waals surface area contributed by atoms with Gasteiger partial charge >= 0.3 is 0 Å². The second-order valence-corrected chi connectivity index (χ2v) is 9.64.